The maximum Gasteiger partial charge on any atom is 0.417 e. The number of piperazine rings is 1. The van der Waals surface area contributed by atoms with Crippen molar-refractivity contribution in [3.05, 3.63) is 78.1 Å². The van der Waals surface area contributed by atoms with Gasteiger partial charge in [0.05, 0.1) is 30.0 Å². The van der Waals surface area contributed by atoms with Gasteiger partial charge >= 0.3 is 12.8 Å². The number of benzene rings is 2. The van der Waals surface area contributed by atoms with E-state index in [1.165, 1.54) is 29.2 Å². The Bertz CT molecular complexity index is 1570. The number of anilines is 1. The number of aromatic nitrogens is 1. The number of rotatable bonds is 10. The fourth-order valence-corrected chi connectivity index (χ4v) is 6.58. The van der Waals surface area contributed by atoms with Gasteiger partial charge in [-0.05, 0) is 55.3 Å². The summed E-state index contributed by atoms with van der Waals surface area (Å²) in [5.41, 5.74) is -2.56. The third kappa shape index (κ3) is 7.26. The van der Waals surface area contributed by atoms with Gasteiger partial charge in [-0.2, -0.15) is 22.0 Å². The Balaban J connectivity index is 1.51. The molecule has 1 aromatic heterocycles. The molecule has 3 heterocycles. The molecule has 2 aromatic carbocycles. The molecule has 2 atom stereocenters. The zero-order valence-electron chi connectivity index (χ0n) is 26.6. The van der Waals surface area contributed by atoms with E-state index in [-0.39, 0.29) is 37.3 Å². The highest BCUT2D eigenvalue weighted by Crippen LogP contribution is 2.40. The Kier molecular flexibility index (Phi) is 10.6. The number of likely N-dealkylation sites (tertiary alicyclic amines) is 1. The summed E-state index contributed by atoms with van der Waals surface area (Å²) in [6.07, 6.45) is -1.79. The molecule has 48 heavy (non-hydrogen) atoms. The minimum atomic E-state index is -4.81. The normalized spacial score (nSPS) is 20.1. The Morgan fingerprint density at radius 3 is 2.31 bits per heavy atom. The van der Waals surface area contributed by atoms with Crippen LogP contribution < -0.4 is 19.1 Å². The average molecular weight is 677 g/mol. The van der Waals surface area contributed by atoms with Crippen molar-refractivity contribution in [1.82, 2.24) is 14.8 Å². The zero-order chi connectivity index (χ0) is 34.5. The Labute approximate surface area is 275 Å². The summed E-state index contributed by atoms with van der Waals surface area (Å²) in [6, 6.07) is 12.7. The molecule has 2 unspecified atom stereocenters. The van der Waals surface area contributed by atoms with Crippen molar-refractivity contribution in [1.29, 1.82) is 0 Å². The summed E-state index contributed by atoms with van der Waals surface area (Å²) < 4.78 is 84.1. The van der Waals surface area contributed by atoms with E-state index in [1.807, 2.05) is 31.2 Å². The molecule has 0 N–H and O–H groups in total. The van der Waals surface area contributed by atoms with Crippen LogP contribution in [0.25, 0.3) is 0 Å². The number of alkyl halides is 5. The lowest BCUT2D eigenvalue weighted by Gasteiger charge is -2.51. The highest BCUT2D eigenvalue weighted by Gasteiger charge is 2.55. The van der Waals surface area contributed by atoms with Crippen molar-refractivity contribution in [3.8, 4) is 17.2 Å². The van der Waals surface area contributed by atoms with Crippen LogP contribution in [0.5, 0.6) is 17.2 Å². The van der Waals surface area contributed by atoms with E-state index < -0.39 is 47.4 Å². The van der Waals surface area contributed by atoms with Crippen LogP contribution in [0.15, 0.2) is 67.0 Å². The van der Waals surface area contributed by atoms with Gasteiger partial charge in [0.25, 0.3) is 11.8 Å². The van der Waals surface area contributed by atoms with Crippen LogP contribution in [0, 0.1) is 0 Å². The predicted octanol–water partition coefficient (Wildman–Crippen LogP) is 6.28. The second kappa shape index (κ2) is 14.7. The standard InChI is InChI=1S/C34H37F5N4O5/c1-3-7-29-33(48-24-12-10-23(11-13-24)47-32(35)36,15-6-17-43(29)30(44)25-22-40-16-14-26(25)34(37,38)39)31(45)42-20-18-41(19-21-42)27-8-4-5-9-28(27)46-2/h4-5,8-14,16,22,29,32H,3,6-7,15,17-21H2,1-2H3. The third-order valence-electron chi connectivity index (χ3n) is 8.75. The predicted molar refractivity (Wildman–Crippen MR) is 166 cm³/mol. The molecule has 0 spiro atoms. The monoisotopic (exact) mass is 676 g/mol. The molecule has 14 heteroatoms. The molecule has 2 aliphatic heterocycles. The lowest BCUT2D eigenvalue weighted by Crippen LogP contribution is -2.69. The summed E-state index contributed by atoms with van der Waals surface area (Å²) in [4.78, 5) is 37.6. The first-order chi connectivity index (χ1) is 23.0. The SMILES string of the molecule is CCCC1N(C(=O)c2cnccc2C(F)(F)F)CCCC1(Oc1ccc(OC(F)F)cc1)C(=O)N1CCN(c2ccccc2OC)CC1. The van der Waals surface area contributed by atoms with Crippen LogP contribution in [-0.2, 0) is 11.0 Å². The van der Waals surface area contributed by atoms with E-state index in [9.17, 15) is 31.5 Å². The number of ether oxygens (including phenoxy) is 3. The van der Waals surface area contributed by atoms with Gasteiger partial charge in [0, 0.05) is 51.5 Å². The average Bonchev–Trinajstić information content (AvgIpc) is 3.08. The zero-order valence-corrected chi connectivity index (χ0v) is 26.6. The van der Waals surface area contributed by atoms with E-state index >= 15 is 0 Å². The number of hydrogen-bond donors (Lipinski definition) is 0. The molecular weight excluding hydrogens is 639 g/mol. The van der Waals surface area contributed by atoms with Crippen molar-refractivity contribution in [2.75, 3.05) is 44.7 Å². The summed E-state index contributed by atoms with van der Waals surface area (Å²) in [7, 11) is 1.58. The maximum absolute atomic E-state index is 14.8. The number of pyridine rings is 1. The van der Waals surface area contributed by atoms with Gasteiger partial charge in [-0.3, -0.25) is 14.6 Å². The van der Waals surface area contributed by atoms with Gasteiger partial charge in [0.1, 0.15) is 17.2 Å². The number of nitrogens with zero attached hydrogens (tertiary/aromatic N) is 4. The second-order valence-corrected chi connectivity index (χ2v) is 11.6. The number of piperidine rings is 1. The topological polar surface area (TPSA) is 84.4 Å². The van der Waals surface area contributed by atoms with Crippen LogP contribution in [0.2, 0.25) is 0 Å². The third-order valence-corrected chi connectivity index (χ3v) is 8.75. The van der Waals surface area contributed by atoms with E-state index in [1.54, 1.807) is 12.0 Å². The van der Waals surface area contributed by atoms with Crippen LogP contribution >= 0.6 is 0 Å². The molecule has 0 saturated carbocycles. The molecule has 0 aliphatic carbocycles. The quantitative estimate of drug-likeness (QED) is 0.234. The molecule has 0 radical (unpaired) electrons. The molecule has 2 fully saturated rings. The van der Waals surface area contributed by atoms with Gasteiger partial charge in [0.2, 0.25) is 5.60 Å². The van der Waals surface area contributed by atoms with Crippen LogP contribution in [-0.4, -0.2) is 84.7 Å². The van der Waals surface area contributed by atoms with Crippen molar-refractivity contribution in [2.45, 2.75) is 57.0 Å². The van der Waals surface area contributed by atoms with E-state index in [0.29, 0.717) is 38.3 Å². The van der Waals surface area contributed by atoms with E-state index in [4.69, 9.17) is 9.47 Å². The minimum absolute atomic E-state index is 0.0941. The van der Waals surface area contributed by atoms with Gasteiger partial charge in [-0.1, -0.05) is 25.5 Å². The van der Waals surface area contributed by atoms with Gasteiger partial charge < -0.3 is 28.9 Å². The van der Waals surface area contributed by atoms with E-state index in [0.717, 1.165) is 24.1 Å². The number of halogens is 5. The van der Waals surface area contributed by atoms with Crippen LogP contribution in [0.1, 0.15) is 48.5 Å². The number of carbonyl (C=O) groups excluding carboxylic acids is 2. The number of para-hydroxylation sites is 2. The second-order valence-electron chi connectivity index (χ2n) is 11.6. The highest BCUT2D eigenvalue weighted by molar-refractivity contribution is 5.97. The lowest BCUT2D eigenvalue weighted by atomic mass is 9.79. The lowest BCUT2D eigenvalue weighted by molar-refractivity contribution is -0.159. The Morgan fingerprint density at radius 1 is 0.979 bits per heavy atom. The molecule has 3 aromatic rings. The first-order valence-corrected chi connectivity index (χ1v) is 15.7. The molecule has 2 aliphatic rings. The summed E-state index contributed by atoms with van der Waals surface area (Å²) >= 11 is 0. The van der Waals surface area contributed by atoms with Crippen molar-refractivity contribution in [3.63, 3.8) is 0 Å². The smallest absolute Gasteiger partial charge is 0.417 e. The fourth-order valence-electron chi connectivity index (χ4n) is 6.58. The van der Waals surface area contributed by atoms with Crippen molar-refractivity contribution >= 4 is 17.5 Å². The van der Waals surface area contributed by atoms with Crippen LogP contribution in [0.4, 0.5) is 27.6 Å². The summed E-state index contributed by atoms with van der Waals surface area (Å²) in [5, 5.41) is 0. The molecule has 258 valence electrons. The first-order valence-electron chi connectivity index (χ1n) is 15.7. The molecule has 5 rings (SSSR count). The summed E-state index contributed by atoms with van der Waals surface area (Å²) in [5.74, 6) is -0.587. The number of amides is 2. The van der Waals surface area contributed by atoms with E-state index in [2.05, 4.69) is 14.6 Å². The molecule has 2 saturated heterocycles. The number of methoxy groups -OCH3 is 1. The Morgan fingerprint density at radius 2 is 1.67 bits per heavy atom. The fraction of sp³-hybridized carbons (Fsp3) is 0.441. The molecule has 0 bridgehead atoms. The minimum Gasteiger partial charge on any atom is -0.495 e. The van der Waals surface area contributed by atoms with Crippen molar-refractivity contribution < 1.29 is 45.8 Å². The molecular formula is C34H37F5N4O5. The first kappa shape index (κ1) is 34.7. The summed E-state index contributed by atoms with van der Waals surface area (Å²) in [6.45, 7) is 0.436. The van der Waals surface area contributed by atoms with Crippen LogP contribution in [0.3, 0.4) is 0 Å². The largest absolute Gasteiger partial charge is 0.495 e. The maximum atomic E-state index is 14.8. The van der Waals surface area contributed by atoms with Gasteiger partial charge in [-0.15, -0.1) is 0 Å². The number of carbonyl (C=O) groups is 2. The molecule has 2 amide bonds. The van der Waals surface area contributed by atoms with Gasteiger partial charge in [0.15, 0.2) is 0 Å². The van der Waals surface area contributed by atoms with Gasteiger partial charge in [-0.25, -0.2) is 0 Å². The van der Waals surface area contributed by atoms with Crippen molar-refractivity contribution in [2.24, 2.45) is 0 Å². The highest BCUT2D eigenvalue weighted by atomic mass is 19.4. The number of hydrogen-bond acceptors (Lipinski definition) is 7. The molecule has 9 nitrogen and oxygen atoms in total. The Hall–Kier alpha value is -4.62.